The highest BCUT2D eigenvalue weighted by Gasteiger charge is 2.04. The van der Waals surface area contributed by atoms with Gasteiger partial charge in [0.2, 0.25) is 5.91 Å². The maximum absolute atomic E-state index is 12.0. The third-order valence-corrected chi connectivity index (χ3v) is 3.75. The molecule has 5 heteroatoms. The van der Waals surface area contributed by atoms with E-state index in [1.165, 1.54) is 6.08 Å². The van der Waals surface area contributed by atoms with Gasteiger partial charge in [0.25, 0.3) is 0 Å². The molecule has 4 aromatic rings. The quantitative estimate of drug-likeness (QED) is 0.566. The molecule has 1 amide bonds. The molecular formula is C19H14N4O. The van der Waals surface area contributed by atoms with Crippen LogP contribution in [0.4, 0.5) is 5.69 Å². The lowest BCUT2D eigenvalue weighted by atomic mass is 10.1. The zero-order valence-corrected chi connectivity index (χ0v) is 12.7. The lowest BCUT2D eigenvalue weighted by molar-refractivity contribution is -0.111. The van der Waals surface area contributed by atoms with Crippen LogP contribution in [0.3, 0.4) is 0 Å². The van der Waals surface area contributed by atoms with Gasteiger partial charge in [-0.3, -0.25) is 14.8 Å². The minimum atomic E-state index is -0.219. The summed E-state index contributed by atoms with van der Waals surface area (Å²) < 4.78 is 0. The summed E-state index contributed by atoms with van der Waals surface area (Å²) in [5.41, 5.74) is 3.44. The summed E-state index contributed by atoms with van der Waals surface area (Å²) in [6, 6.07) is 13.6. The summed E-state index contributed by atoms with van der Waals surface area (Å²) in [4.78, 5) is 23.6. The van der Waals surface area contributed by atoms with Gasteiger partial charge in [-0.2, -0.15) is 0 Å². The zero-order chi connectivity index (χ0) is 16.4. The van der Waals surface area contributed by atoms with Gasteiger partial charge < -0.3 is 10.3 Å². The summed E-state index contributed by atoms with van der Waals surface area (Å²) in [5, 5.41) is 4.99. The number of pyridine rings is 2. The van der Waals surface area contributed by atoms with E-state index in [4.69, 9.17) is 0 Å². The van der Waals surface area contributed by atoms with Crippen LogP contribution in [-0.2, 0) is 4.79 Å². The molecule has 3 aromatic heterocycles. The molecule has 0 saturated carbocycles. The Balaban J connectivity index is 1.60. The average molecular weight is 314 g/mol. The van der Waals surface area contributed by atoms with Gasteiger partial charge in [-0.05, 0) is 30.3 Å². The fourth-order valence-corrected chi connectivity index (χ4v) is 2.64. The monoisotopic (exact) mass is 314 g/mol. The van der Waals surface area contributed by atoms with Gasteiger partial charge in [0.1, 0.15) is 0 Å². The van der Waals surface area contributed by atoms with Gasteiger partial charge in [0.05, 0.1) is 29.3 Å². The molecule has 0 aliphatic carbocycles. The minimum Gasteiger partial charge on any atom is -0.353 e. The molecule has 116 valence electrons. The summed E-state index contributed by atoms with van der Waals surface area (Å²) >= 11 is 0. The first-order valence-corrected chi connectivity index (χ1v) is 7.55. The van der Waals surface area contributed by atoms with E-state index in [2.05, 4.69) is 26.3 Å². The number of hydrogen-bond acceptors (Lipinski definition) is 3. The average Bonchev–Trinajstić information content (AvgIpc) is 2.99. The van der Waals surface area contributed by atoms with E-state index in [-0.39, 0.29) is 5.91 Å². The second kappa shape index (κ2) is 5.96. The molecule has 0 saturated heterocycles. The Morgan fingerprint density at radius 3 is 2.83 bits per heavy atom. The Labute approximate surface area is 138 Å². The predicted octanol–water partition coefficient (Wildman–Crippen LogP) is 3.76. The summed E-state index contributed by atoms with van der Waals surface area (Å²) in [7, 11) is 0. The second-order valence-electron chi connectivity index (χ2n) is 5.39. The number of carbonyl (C=O) groups excluding carboxylic acids is 1. The molecule has 0 fully saturated rings. The molecule has 24 heavy (non-hydrogen) atoms. The number of aromatic nitrogens is 3. The highest BCUT2D eigenvalue weighted by Crippen LogP contribution is 2.25. The first kappa shape index (κ1) is 14.1. The molecule has 0 aliphatic rings. The number of benzene rings is 1. The standard InChI is InChI=1S/C19H14N4O/c24-19(22-14-4-3-9-20-11-14)8-7-13-10-16-15-5-1-2-6-17(15)23-18(16)12-21-13/h1-12,23H,(H,22,24)/b8-7+. The molecule has 1 aromatic carbocycles. The molecule has 4 rings (SSSR count). The van der Waals surface area contributed by atoms with Crippen LogP contribution < -0.4 is 5.32 Å². The van der Waals surface area contributed by atoms with Crippen molar-refractivity contribution in [1.82, 2.24) is 15.0 Å². The van der Waals surface area contributed by atoms with Crippen molar-refractivity contribution in [1.29, 1.82) is 0 Å². The van der Waals surface area contributed by atoms with Gasteiger partial charge in [-0.15, -0.1) is 0 Å². The van der Waals surface area contributed by atoms with Crippen LogP contribution in [0.15, 0.2) is 67.1 Å². The number of H-pyrrole nitrogens is 1. The molecule has 0 spiro atoms. The number of anilines is 1. The number of carbonyl (C=O) groups is 1. The Morgan fingerprint density at radius 1 is 1.04 bits per heavy atom. The minimum absolute atomic E-state index is 0.219. The summed E-state index contributed by atoms with van der Waals surface area (Å²) in [6.45, 7) is 0. The Kier molecular flexibility index (Phi) is 3.51. The smallest absolute Gasteiger partial charge is 0.248 e. The molecule has 0 unspecified atom stereocenters. The fraction of sp³-hybridized carbons (Fsp3) is 0. The van der Waals surface area contributed by atoms with Gasteiger partial charge >= 0.3 is 0 Å². The first-order valence-electron chi connectivity index (χ1n) is 7.55. The van der Waals surface area contributed by atoms with Gasteiger partial charge in [-0.25, -0.2) is 0 Å². The van der Waals surface area contributed by atoms with E-state index in [1.807, 2.05) is 24.3 Å². The maximum Gasteiger partial charge on any atom is 0.248 e. The largest absolute Gasteiger partial charge is 0.353 e. The number of fused-ring (bicyclic) bond motifs is 3. The van der Waals surface area contributed by atoms with E-state index >= 15 is 0 Å². The van der Waals surface area contributed by atoms with Crippen molar-refractivity contribution in [2.75, 3.05) is 5.32 Å². The van der Waals surface area contributed by atoms with E-state index in [1.54, 1.807) is 36.8 Å². The van der Waals surface area contributed by atoms with Crippen molar-refractivity contribution in [2.45, 2.75) is 0 Å². The highest BCUT2D eigenvalue weighted by molar-refractivity contribution is 6.07. The molecule has 2 N–H and O–H groups in total. The molecule has 0 bridgehead atoms. The SMILES string of the molecule is O=C(/C=C/c1cc2c(cn1)[nH]c1ccccc12)Nc1cccnc1. The Bertz CT molecular complexity index is 1050. The highest BCUT2D eigenvalue weighted by atomic mass is 16.1. The van der Waals surface area contributed by atoms with Crippen molar-refractivity contribution in [3.8, 4) is 0 Å². The number of nitrogens with one attached hydrogen (secondary N) is 2. The Morgan fingerprint density at radius 2 is 1.96 bits per heavy atom. The number of para-hydroxylation sites is 1. The fourth-order valence-electron chi connectivity index (χ4n) is 2.64. The molecular weight excluding hydrogens is 300 g/mol. The van der Waals surface area contributed by atoms with Crippen molar-refractivity contribution in [2.24, 2.45) is 0 Å². The van der Waals surface area contributed by atoms with Crippen LogP contribution in [0.5, 0.6) is 0 Å². The van der Waals surface area contributed by atoms with Gasteiger partial charge in [0, 0.05) is 28.6 Å². The van der Waals surface area contributed by atoms with Crippen molar-refractivity contribution >= 4 is 39.5 Å². The van der Waals surface area contributed by atoms with E-state index < -0.39 is 0 Å². The van der Waals surface area contributed by atoms with Crippen LogP contribution in [-0.4, -0.2) is 20.9 Å². The molecule has 0 aliphatic heterocycles. The summed E-state index contributed by atoms with van der Waals surface area (Å²) in [6.07, 6.45) is 8.21. The predicted molar refractivity (Wildman–Crippen MR) is 95.5 cm³/mol. The number of aromatic amines is 1. The van der Waals surface area contributed by atoms with E-state index in [0.717, 1.165) is 27.5 Å². The number of rotatable bonds is 3. The molecule has 0 radical (unpaired) electrons. The topological polar surface area (TPSA) is 70.7 Å². The third-order valence-electron chi connectivity index (χ3n) is 3.75. The van der Waals surface area contributed by atoms with E-state index in [9.17, 15) is 4.79 Å². The maximum atomic E-state index is 12.0. The lowest BCUT2D eigenvalue weighted by Crippen LogP contribution is -2.07. The number of nitrogens with zero attached hydrogens (tertiary/aromatic N) is 2. The number of amides is 1. The van der Waals surface area contributed by atoms with Crippen LogP contribution in [0.25, 0.3) is 27.9 Å². The molecule has 5 nitrogen and oxygen atoms in total. The van der Waals surface area contributed by atoms with Gasteiger partial charge in [0.15, 0.2) is 0 Å². The third kappa shape index (κ3) is 2.75. The van der Waals surface area contributed by atoms with Crippen LogP contribution in [0.2, 0.25) is 0 Å². The summed E-state index contributed by atoms with van der Waals surface area (Å²) in [5.74, 6) is -0.219. The van der Waals surface area contributed by atoms with Crippen LogP contribution in [0.1, 0.15) is 5.69 Å². The van der Waals surface area contributed by atoms with E-state index in [0.29, 0.717) is 5.69 Å². The van der Waals surface area contributed by atoms with Crippen molar-refractivity contribution < 1.29 is 4.79 Å². The van der Waals surface area contributed by atoms with Gasteiger partial charge in [-0.1, -0.05) is 18.2 Å². The lowest BCUT2D eigenvalue weighted by Gasteiger charge is -2.00. The van der Waals surface area contributed by atoms with Crippen molar-refractivity contribution in [3.63, 3.8) is 0 Å². The number of hydrogen-bond donors (Lipinski definition) is 2. The van der Waals surface area contributed by atoms with Crippen LogP contribution >= 0.6 is 0 Å². The Hall–Kier alpha value is -3.47. The first-order chi connectivity index (χ1) is 11.8. The second-order valence-corrected chi connectivity index (χ2v) is 5.39. The molecule has 3 heterocycles. The van der Waals surface area contributed by atoms with Crippen molar-refractivity contribution in [3.05, 3.63) is 72.8 Å². The molecule has 0 atom stereocenters. The zero-order valence-electron chi connectivity index (χ0n) is 12.7. The van der Waals surface area contributed by atoms with Crippen LogP contribution in [0, 0.1) is 0 Å². The normalized spacial score (nSPS) is 11.3.